The van der Waals surface area contributed by atoms with Crippen molar-refractivity contribution in [3.63, 3.8) is 0 Å². The molecule has 2 N–H and O–H groups in total. The lowest BCUT2D eigenvalue weighted by atomic mass is 10.3. The molecule has 5 nitrogen and oxygen atoms in total. The van der Waals surface area contributed by atoms with Crippen LogP contribution in [0.3, 0.4) is 0 Å². The Morgan fingerprint density at radius 1 is 1.26 bits per heavy atom. The van der Waals surface area contributed by atoms with Crippen LogP contribution >= 0.6 is 11.6 Å². The number of nitrogens with one attached hydrogen (secondary N) is 2. The summed E-state index contributed by atoms with van der Waals surface area (Å²) in [5, 5.41) is 6.57. The fourth-order valence-electron chi connectivity index (χ4n) is 1.61. The summed E-state index contributed by atoms with van der Waals surface area (Å²) >= 11 is 5.96. The zero-order chi connectivity index (χ0) is 13.7. The van der Waals surface area contributed by atoms with Gasteiger partial charge in [-0.25, -0.2) is 4.98 Å². The minimum Gasteiger partial charge on any atom is -0.495 e. The minimum atomic E-state index is 0.378. The van der Waals surface area contributed by atoms with E-state index >= 15 is 0 Å². The topological polar surface area (TPSA) is 59.1 Å². The number of methoxy groups -OCH3 is 1. The number of hydrogen-bond acceptors (Lipinski definition) is 5. The van der Waals surface area contributed by atoms with Crippen LogP contribution < -0.4 is 15.4 Å². The Kier molecular flexibility index (Phi) is 4.41. The number of para-hydroxylation sites is 2. The van der Waals surface area contributed by atoms with Crippen molar-refractivity contribution in [2.75, 3.05) is 24.3 Å². The van der Waals surface area contributed by atoms with Crippen LogP contribution in [0.4, 0.5) is 17.5 Å². The summed E-state index contributed by atoms with van der Waals surface area (Å²) < 4.78 is 5.26. The summed E-state index contributed by atoms with van der Waals surface area (Å²) in [7, 11) is 1.61. The molecule has 0 aliphatic heterocycles. The number of rotatable bonds is 5. The molecule has 0 saturated heterocycles. The SMILES string of the molecule is CCNc1cc(Cl)nc(Nc2ccccc2OC)n1. The van der Waals surface area contributed by atoms with E-state index in [1.807, 2.05) is 31.2 Å². The number of ether oxygens (including phenoxy) is 1. The van der Waals surface area contributed by atoms with Gasteiger partial charge in [-0.15, -0.1) is 0 Å². The molecule has 6 heteroatoms. The molecular weight excluding hydrogens is 264 g/mol. The molecule has 0 amide bonds. The zero-order valence-electron chi connectivity index (χ0n) is 10.8. The Morgan fingerprint density at radius 3 is 2.79 bits per heavy atom. The van der Waals surface area contributed by atoms with E-state index in [0.717, 1.165) is 18.0 Å². The summed E-state index contributed by atoms with van der Waals surface area (Å²) in [5.41, 5.74) is 0.787. The van der Waals surface area contributed by atoms with Crippen molar-refractivity contribution in [2.24, 2.45) is 0 Å². The molecule has 2 aromatic rings. The molecule has 0 aliphatic carbocycles. The van der Waals surface area contributed by atoms with Crippen molar-refractivity contribution >= 4 is 29.1 Å². The molecule has 1 aromatic heterocycles. The number of hydrogen-bond donors (Lipinski definition) is 2. The third-order valence-electron chi connectivity index (χ3n) is 2.41. The van der Waals surface area contributed by atoms with Crippen LogP contribution in [0.25, 0.3) is 0 Å². The highest BCUT2D eigenvalue weighted by molar-refractivity contribution is 6.29. The van der Waals surface area contributed by atoms with Crippen LogP contribution in [-0.4, -0.2) is 23.6 Å². The molecule has 1 heterocycles. The van der Waals surface area contributed by atoms with Gasteiger partial charge in [-0.3, -0.25) is 0 Å². The van der Waals surface area contributed by atoms with E-state index in [-0.39, 0.29) is 0 Å². The van der Waals surface area contributed by atoms with Gasteiger partial charge < -0.3 is 15.4 Å². The Balaban J connectivity index is 2.27. The van der Waals surface area contributed by atoms with Gasteiger partial charge in [-0.2, -0.15) is 4.98 Å². The number of aromatic nitrogens is 2. The van der Waals surface area contributed by atoms with Crippen LogP contribution in [0.1, 0.15) is 6.92 Å². The molecule has 100 valence electrons. The number of halogens is 1. The summed E-state index contributed by atoms with van der Waals surface area (Å²) in [4.78, 5) is 8.46. The standard InChI is InChI=1S/C13H15ClN4O/c1-3-15-12-8-11(14)17-13(18-12)16-9-6-4-5-7-10(9)19-2/h4-8H,3H2,1-2H3,(H2,15,16,17,18). The molecule has 0 aliphatic rings. The van der Waals surface area contributed by atoms with Crippen LogP contribution in [0.5, 0.6) is 5.75 Å². The zero-order valence-corrected chi connectivity index (χ0v) is 11.5. The summed E-state index contributed by atoms with van der Waals surface area (Å²) in [6, 6.07) is 9.22. The normalized spacial score (nSPS) is 10.1. The molecular formula is C13H15ClN4O. The van der Waals surface area contributed by atoms with Crippen LogP contribution in [0.15, 0.2) is 30.3 Å². The van der Waals surface area contributed by atoms with E-state index in [0.29, 0.717) is 16.9 Å². The van der Waals surface area contributed by atoms with Crippen molar-refractivity contribution in [3.05, 3.63) is 35.5 Å². The largest absolute Gasteiger partial charge is 0.495 e. The average molecular weight is 279 g/mol. The maximum atomic E-state index is 5.96. The Morgan fingerprint density at radius 2 is 2.05 bits per heavy atom. The molecule has 19 heavy (non-hydrogen) atoms. The van der Waals surface area contributed by atoms with Gasteiger partial charge in [-0.1, -0.05) is 23.7 Å². The highest BCUT2D eigenvalue weighted by Gasteiger charge is 2.06. The minimum absolute atomic E-state index is 0.378. The van der Waals surface area contributed by atoms with E-state index in [2.05, 4.69) is 20.6 Å². The van der Waals surface area contributed by atoms with E-state index in [4.69, 9.17) is 16.3 Å². The summed E-state index contributed by atoms with van der Waals surface area (Å²) in [6.45, 7) is 2.75. The van der Waals surface area contributed by atoms with E-state index in [1.165, 1.54) is 0 Å². The lowest BCUT2D eigenvalue weighted by Gasteiger charge is -2.11. The van der Waals surface area contributed by atoms with Crippen LogP contribution in [0.2, 0.25) is 5.15 Å². The van der Waals surface area contributed by atoms with Crippen molar-refractivity contribution in [1.82, 2.24) is 9.97 Å². The molecule has 0 unspecified atom stereocenters. The van der Waals surface area contributed by atoms with E-state index < -0.39 is 0 Å². The quantitative estimate of drug-likeness (QED) is 0.822. The van der Waals surface area contributed by atoms with Crippen LogP contribution in [0, 0.1) is 0 Å². The second-order valence-corrected chi connectivity index (χ2v) is 4.14. The molecule has 0 radical (unpaired) electrons. The number of anilines is 3. The molecule has 0 fully saturated rings. The maximum Gasteiger partial charge on any atom is 0.230 e. The van der Waals surface area contributed by atoms with Gasteiger partial charge in [0.15, 0.2) is 0 Å². The summed E-state index contributed by atoms with van der Waals surface area (Å²) in [6.07, 6.45) is 0. The fraction of sp³-hybridized carbons (Fsp3) is 0.231. The van der Waals surface area contributed by atoms with Crippen LogP contribution in [-0.2, 0) is 0 Å². The number of nitrogens with zero attached hydrogens (tertiary/aromatic N) is 2. The first-order valence-electron chi connectivity index (χ1n) is 5.91. The first-order chi connectivity index (χ1) is 9.22. The summed E-state index contributed by atoms with van der Waals surface area (Å²) in [5.74, 6) is 1.82. The molecule has 0 saturated carbocycles. The van der Waals surface area contributed by atoms with Gasteiger partial charge in [0.05, 0.1) is 12.8 Å². The molecule has 1 aromatic carbocycles. The third-order valence-corrected chi connectivity index (χ3v) is 2.60. The smallest absolute Gasteiger partial charge is 0.230 e. The van der Waals surface area contributed by atoms with Crippen molar-refractivity contribution in [3.8, 4) is 5.75 Å². The lowest BCUT2D eigenvalue weighted by molar-refractivity contribution is 0.417. The van der Waals surface area contributed by atoms with Gasteiger partial charge in [0.1, 0.15) is 16.7 Å². The van der Waals surface area contributed by atoms with Gasteiger partial charge in [0, 0.05) is 12.6 Å². The highest BCUT2D eigenvalue weighted by atomic mass is 35.5. The maximum absolute atomic E-state index is 5.96. The Labute approximate surface area is 117 Å². The monoisotopic (exact) mass is 278 g/mol. The van der Waals surface area contributed by atoms with Crippen molar-refractivity contribution in [2.45, 2.75) is 6.92 Å². The Bertz CT molecular complexity index is 562. The predicted molar refractivity (Wildman–Crippen MR) is 77.5 cm³/mol. The van der Waals surface area contributed by atoms with E-state index in [9.17, 15) is 0 Å². The average Bonchev–Trinajstić information content (AvgIpc) is 2.39. The second-order valence-electron chi connectivity index (χ2n) is 3.76. The van der Waals surface area contributed by atoms with Gasteiger partial charge in [-0.05, 0) is 19.1 Å². The second kappa shape index (κ2) is 6.24. The lowest BCUT2D eigenvalue weighted by Crippen LogP contribution is -2.04. The van der Waals surface area contributed by atoms with Crippen molar-refractivity contribution in [1.29, 1.82) is 0 Å². The Hall–Kier alpha value is -2.01. The third kappa shape index (κ3) is 3.48. The molecule has 0 atom stereocenters. The molecule has 0 spiro atoms. The van der Waals surface area contributed by atoms with Gasteiger partial charge in [0.25, 0.3) is 0 Å². The first kappa shape index (κ1) is 13.4. The van der Waals surface area contributed by atoms with E-state index in [1.54, 1.807) is 13.2 Å². The van der Waals surface area contributed by atoms with Gasteiger partial charge in [0.2, 0.25) is 5.95 Å². The first-order valence-corrected chi connectivity index (χ1v) is 6.29. The highest BCUT2D eigenvalue weighted by Crippen LogP contribution is 2.26. The van der Waals surface area contributed by atoms with Gasteiger partial charge >= 0.3 is 0 Å². The molecule has 0 bridgehead atoms. The molecule has 2 rings (SSSR count). The number of benzene rings is 1. The fourth-order valence-corrected chi connectivity index (χ4v) is 1.80. The predicted octanol–water partition coefficient (Wildman–Crippen LogP) is 3.31. The van der Waals surface area contributed by atoms with Crippen molar-refractivity contribution < 1.29 is 4.74 Å².